The topological polar surface area (TPSA) is 119 Å². The summed E-state index contributed by atoms with van der Waals surface area (Å²) in [6.07, 6.45) is 0.551. The van der Waals surface area contributed by atoms with E-state index in [4.69, 9.17) is 4.74 Å². The molecule has 1 aliphatic rings. The molecule has 0 bridgehead atoms. The third-order valence-corrected chi connectivity index (χ3v) is 6.36. The van der Waals surface area contributed by atoms with Gasteiger partial charge in [-0.25, -0.2) is 8.42 Å². The zero-order chi connectivity index (χ0) is 20.5. The number of benzene rings is 2. The van der Waals surface area contributed by atoms with E-state index in [1.165, 1.54) is 35.7 Å². The Balaban J connectivity index is 1.87. The van der Waals surface area contributed by atoms with Gasteiger partial charge in [0, 0.05) is 29.8 Å². The van der Waals surface area contributed by atoms with Crippen molar-refractivity contribution in [3.63, 3.8) is 0 Å². The standard InChI is InChI=1S/C18H19N3O6S/c1-12-4-5-13(10-16(12)21(23)24)18(22)19-15-7-6-14(11-17(15)27-2)20-8-3-9-28(20,25)26/h4-7,10-11H,3,8-9H2,1-2H3,(H,19,22). The highest BCUT2D eigenvalue weighted by molar-refractivity contribution is 7.93. The lowest BCUT2D eigenvalue weighted by molar-refractivity contribution is -0.385. The van der Waals surface area contributed by atoms with Gasteiger partial charge < -0.3 is 10.1 Å². The monoisotopic (exact) mass is 405 g/mol. The van der Waals surface area contributed by atoms with E-state index in [1.807, 2.05) is 0 Å². The van der Waals surface area contributed by atoms with Crippen molar-refractivity contribution in [1.29, 1.82) is 0 Å². The number of carbonyl (C=O) groups is 1. The highest BCUT2D eigenvalue weighted by Gasteiger charge is 2.29. The van der Waals surface area contributed by atoms with E-state index in [2.05, 4.69) is 5.32 Å². The summed E-state index contributed by atoms with van der Waals surface area (Å²) in [4.78, 5) is 23.0. The Hall–Kier alpha value is -3.14. The molecule has 0 radical (unpaired) electrons. The predicted molar refractivity (Wildman–Crippen MR) is 105 cm³/mol. The zero-order valence-electron chi connectivity index (χ0n) is 15.3. The number of amides is 1. The van der Waals surface area contributed by atoms with E-state index in [-0.39, 0.29) is 22.8 Å². The lowest BCUT2D eigenvalue weighted by atomic mass is 10.1. The summed E-state index contributed by atoms with van der Waals surface area (Å²) in [7, 11) is -1.93. The molecule has 0 spiro atoms. The summed E-state index contributed by atoms with van der Waals surface area (Å²) < 4.78 is 30.8. The summed E-state index contributed by atoms with van der Waals surface area (Å²) in [5.74, 6) is -0.155. The maximum atomic E-state index is 12.5. The Kier molecular flexibility index (Phi) is 5.23. The van der Waals surface area contributed by atoms with Crippen molar-refractivity contribution < 1.29 is 22.9 Å². The highest BCUT2D eigenvalue weighted by atomic mass is 32.2. The molecule has 0 aliphatic carbocycles. The van der Waals surface area contributed by atoms with Crippen molar-refractivity contribution in [3.8, 4) is 5.75 Å². The molecule has 2 aromatic carbocycles. The number of ether oxygens (including phenoxy) is 1. The Bertz CT molecular complexity index is 1050. The zero-order valence-corrected chi connectivity index (χ0v) is 16.2. The molecule has 1 fully saturated rings. The molecule has 0 atom stereocenters. The van der Waals surface area contributed by atoms with Crippen LogP contribution in [0.4, 0.5) is 17.1 Å². The third-order valence-electron chi connectivity index (χ3n) is 4.49. The number of aryl methyl sites for hydroxylation is 1. The number of rotatable bonds is 5. The van der Waals surface area contributed by atoms with E-state index in [0.29, 0.717) is 29.9 Å². The first kappa shape index (κ1) is 19.6. The average molecular weight is 405 g/mol. The van der Waals surface area contributed by atoms with Gasteiger partial charge in [0.1, 0.15) is 5.75 Å². The fourth-order valence-corrected chi connectivity index (χ4v) is 4.57. The summed E-state index contributed by atoms with van der Waals surface area (Å²) in [6, 6.07) is 8.88. The first-order chi connectivity index (χ1) is 13.2. The summed E-state index contributed by atoms with van der Waals surface area (Å²) in [5.41, 5.74) is 1.23. The molecule has 0 aromatic heterocycles. The first-order valence-electron chi connectivity index (χ1n) is 8.48. The number of methoxy groups -OCH3 is 1. The van der Waals surface area contributed by atoms with Crippen LogP contribution in [0.3, 0.4) is 0 Å². The number of hydrogen-bond donors (Lipinski definition) is 1. The van der Waals surface area contributed by atoms with E-state index in [9.17, 15) is 23.3 Å². The molecule has 9 nitrogen and oxygen atoms in total. The van der Waals surface area contributed by atoms with Crippen molar-refractivity contribution >= 4 is 33.0 Å². The number of sulfonamides is 1. The van der Waals surface area contributed by atoms with E-state index >= 15 is 0 Å². The number of nitrogens with zero attached hydrogens (tertiary/aromatic N) is 2. The Morgan fingerprint density at radius 3 is 2.61 bits per heavy atom. The lowest BCUT2D eigenvalue weighted by Crippen LogP contribution is -2.25. The predicted octanol–water partition coefficient (Wildman–Crippen LogP) is 2.70. The fourth-order valence-electron chi connectivity index (χ4n) is 3.01. The van der Waals surface area contributed by atoms with Gasteiger partial charge in [0.15, 0.2) is 0 Å². The first-order valence-corrected chi connectivity index (χ1v) is 10.1. The van der Waals surface area contributed by atoms with Crippen molar-refractivity contribution in [1.82, 2.24) is 0 Å². The molecule has 0 saturated carbocycles. The quantitative estimate of drug-likeness (QED) is 0.603. The van der Waals surface area contributed by atoms with Crippen LogP contribution in [0.15, 0.2) is 36.4 Å². The van der Waals surface area contributed by atoms with Crippen molar-refractivity contribution in [3.05, 3.63) is 57.6 Å². The average Bonchev–Trinajstić information content (AvgIpc) is 3.01. The van der Waals surface area contributed by atoms with Gasteiger partial charge >= 0.3 is 0 Å². The number of nitro groups is 1. The third kappa shape index (κ3) is 3.77. The van der Waals surface area contributed by atoms with Crippen LogP contribution in [0.1, 0.15) is 22.3 Å². The van der Waals surface area contributed by atoms with Crippen LogP contribution in [0, 0.1) is 17.0 Å². The number of anilines is 2. The van der Waals surface area contributed by atoms with Crippen LogP contribution < -0.4 is 14.4 Å². The number of nitrogens with one attached hydrogen (secondary N) is 1. The van der Waals surface area contributed by atoms with Crippen LogP contribution in [-0.4, -0.2) is 38.7 Å². The molecule has 1 amide bonds. The second-order valence-electron chi connectivity index (χ2n) is 6.34. The molecule has 3 rings (SSSR count). The van der Waals surface area contributed by atoms with E-state index in [1.54, 1.807) is 19.1 Å². The van der Waals surface area contributed by atoms with Crippen LogP contribution in [0.2, 0.25) is 0 Å². The fraction of sp³-hybridized carbons (Fsp3) is 0.278. The van der Waals surface area contributed by atoms with Gasteiger partial charge in [-0.1, -0.05) is 6.07 Å². The van der Waals surface area contributed by atoms with Crippen LogP contribution in [-0.2, 0) is 10.0 Å². The Morgan fingerprint density at radius 2 is 2.00 bits per heavy atom. The molecule has 0 unspecified atom stereocenters. The molecule has 1 N–H and O–H groups in total. The Labute approximate surface area is 162 Å². The van der Waals surface area contributed by atoms with Gasteiger partial charge in [-0.15, -0.1) is 0 Å². The number of nitro benzene ring substituents is 1. The van der Waals surface area contributed by atoms with Gasteiger partial charge in [-0.05, 0) is 31.5 Å². The van der Waals surface area contributed by atoms with Gasteiger partial charge in [-0.3, -0.25) is 19.2 Å². The van der Waals surface area contributed by atoms with Gasteiger partial charge in [0.2, 0.25) is 10.0 Å². The molecule has 1 aliphatic heterocycles. The molecule has 148 valence electrons. The van der Waals surface area contributed by atoms with Crippen molar-refractivity contribution in [2.75, 3.05) is 29.0 Å². The van der Waals surface area contributed by atoms with E-state index < -0.39 is 20.9 Å². The Morgan fingerprint density at radius 1 is 1.25 bits per heavy atom. The van der Waals surface area contributed by atoms with Crippen LogP contribution >= 0.6 is 0 Å². The molecule has 28 heavy (non-hydrogen) atoms. The SMILES string of the molecule is COc1cc(N2CCCS2(=O)=O)ccc1NC(=O)c1ccc(C)c([N+](=O)[O-])c1. The van der Waals surface area contributed by atoms with Gasteiger partial charge in [0.25, 0.3) is 11.6 Å². The molecular formula is C18H19N3O6S. The molecule has 1 saturated heterocycles. The van der Waals surface area contributed by atoms with Crippen LogP contribution in [0.25, 0.3) is 0 Å². The minimum absolute atomic E-state index is 0.0972. The maximum Gasteiger partial charge on any atom is 0.273 e. The van der Waals surface area contributed by atoms with Gasteiger partial charge in [-0.2, -0.15) is 0 Å². The summed E-state index contributed by atoms with van der Waals surface area (Å²) in [5, 5.41) is 13.7. The summed E-state index contributed by atoms with van der Waals surface area (Å²) in [6.45, 7) is 1.98. The lowest BCUT2D eigenvalue weighted by Gasteiger charge is -2.19. The molecule has 10 heteroatoms. The van der Waals surface area contributed by atoms with Crippen molar-refractivity contribution in [2.24, 2.45) is 0 Å². The van der Waals surface area contributed by atoms with Crippen LogP contribution in [0.5, 0.6) is 5.75 Å². The van der Waals surface area contributed by atoms with Crippen molar-refractivity contribution in [2.45, 2.75) is 13.3 Å². The minimum atomic E-state index is -3.33. The van der Waals surface area contributed by atoms with E-state index in [0.717, 1.165) is 0 Å². The smallest absolute Gasteiger partial charge is 0.273 e. The number of hydrogen-bond acceptors (Lipinski definition) is 6. The molecule has 2 aromatic rings. The largest absolute Gasteiger partial charge is 0.494 e. The second kappa shape index (κ2) is 7.47. The molecular weight excluding hydrogens is 386 g/mol. The number of carbonyl (C=O) groups excluding carboxylic acids is 1. The minimum Gasteiger partial charge on any atom is -0.494 e. The highest BCUT2D eigenvalue weighted by Crippen LogP contribution is 2.33. The van der Waals surface area contributed by atoms with Gasteiger partial charge in [0.05, 0.1) is 29.2 Å². The normalized spacial score (nSPS) is 15.3. The second-order valence-corrected chi connectivity index (χ2v) is 8.35. The maximum absolute atomic E-state index is 12.5. The molecule has 1 heterocycles. The summed E-state index contributed by atoms with van der Waals surface area (Å²) >= 11 is 0.